The van der Waals surface area contributed by atoms with Gasteiger partial charge in [-0.3, -0.25) is 0 Å². The van der Waals surface area contributed by atoms with Crippen LogP contribution in [0.5, 0.6) is 0 Å². The van der Waals surface area contributed by atoms with Gasteiger partial charge in [0.1, 0.15) is 0 Å². The second-order valence-corrected chi connectivity index (χ2v) is 6.49. The fourth-order valence-electron chi connectivity index (χ4n) is 1.67. The van der Waals surface area contributed by atoms with Crippen molar-refractivity contribution < 1.29 is 9.90 Å². The van der Waals surface area contributed by atoms with Crippen molar-refractivity contribution >= 4 is 40.3 Å². The number of aromatic carboxylic acids is 1. The Hall–Kier alpha value is -1.01. The molecule has 0 aliphatic rings. The Balaban J connectivity index is 2.09. The smallest absolute Gasteiger partial charge is 0.335 e. The maximum atomic E-state index is 11.1. The number of aryl methyl sites for hydroxylation is 1. The van der Waals surface area contributed by atoms with Crippen LogP contribution in [0.1, 0.15) is 21.5 Å². The predicted octanol–water partition coefficient (Wildman–Crippen LogP) is 4.59. The Labute approximate surface area is 130 Å². The van der Waals surface area contributed by atoms with E-state index in [-0.39, 0.29) is 0 Å². The number of carboxylic acids is 1. The van der Waals surface area contributed by atoms with Crippen LogP contribution in [0.4, 0.5) is 0 Å². The molecule has 0 atom stereocenters. The van der Waals surface area contributed by atoms with Crippen molar-refractivity contribution in [3.05, 3.63) is 62.7 Å². The van der Waals surface area contributed by atoms with Crippen LogP contribution < -0.4 is 0 Å². The van der Waals surface area contributed by atoms with Gasteiger partial charge in [0.15, 0.2) is 0 Å². The molecule has 0 radical (unpaired) electrons. The van der Waals surface area contributed by atoms with Crippen LogP contribution in [0.15, 0.2) is 47.4 Å². The summed E-state index contributed by atoms with van der Waals surface area (Å²) < 4.78 is 1.22. The van der Waals surface area contributed by atoms with Crippen LogP contribution in [0, 0.1) is 10.5 Å². The summed E-state index contributed by atoms with van der Waals surface area (Å²) >= 11 is 3.93. The van der Waals surface area contributed by atoms with Crippen molar-refractivity contribution in [2.75, 3.05) is 0 Å². The van der Waals surface area contributed by atoms with E-state index in [1.165, 1.54) is 9.13 Å². The fraction of sp³-hybridized carbons (Fsp3) is 0.133. The Morgan fingerprint density at radius 1 is 1.21 bits per heavy atom. The highest BCUT2D eigenvalue weighted by atomic mass is 127. The molecule has 4 heteroatoms. The highest BCUT2D eigenvalue weighted by Crippen LogP contribution is 2.25. The molecule has 0 fully saturated rings. The maximum Gasteiger partial charge on any atom is 0.335 e. The van der Waals surface area contributed by atoms with E-state index in [0.29, 0.717) is 5.56 Å². The third-order valence-electron chi connectivity index (χ3n) is 2.76. The van der Waals surface area contributed by atoms with E-state index >= 15 is 0 Å². The first-order chi connectivity index (χ1) is 9.06. The minimum Gasteiger partial charge on any atom is -0.478 e. The second kappa shape index (κ2) is 6.43. The molecule has 0 bridgehead atoms. The Bertz CT molecular complexity index is 594. The maximum absolute atomic E-state index is 11.1. The third-order valence-corrected chi connectivity index (χ3v) is 4.54. The average molecular weight is 384 g/mol. The monoisotopic (exact) mass is 384 g/mol. The van der Waals surface area contributed by atoms with Gasteiger partial charge in [-0.2, -0.15) is 0 Å². The molecule has 0 saturated heterocycles. The molecule has 0 unspecified atom stereocenters. The lowest BCUT2D eigenvalue weighted by Gasteiger charge is -2.06. The number of carbonyl (C=O) groups is 1. The van der Waals surface area contributed by atoms with Crippen molar-refractivity contribution in [2.45, 2.75) is 17.6 Å². The van der Waals surface area contributed by atoms with Crippen LogP contribution in [0.25, 0.3) is 0 Å². The van der Waals surface area contributed by atoms with Gasteiger partial charge in [-0.1, -0.05) is 18.2 Å². The molecular weight excluding hydrogens is 371 g/mol. The van der Waals surface area contributed by atoms with Gasteiger partial charge in [-0.05, 0) is 64.9 Å². The summed E-state index contributed by atoms with van der Waals surface area (Å²) in [5.74, 6) is -0.0202. The van der Waals surface area contributed by atoms with Gasteiger partial charge in [0, 0.05) is 14.2 Å². The van der Waals surface area contributed by atoms with E-state index in [2.05, 4.69) is 46.9 Å². The Morgan fingerprint density at radius 2 is 1.89 bits per heavy atom. The predicted molar refractivity (Wildman–Crippen MR) is 86.9 cm³/mol. The van der Waals surface area contributed by atoms with E-state index < -0.39 is 5.97 Å². The van der Waals surface area contributed by atoms with Crippen LogP contribution >= 0.6 is 34.4 Å². The molecule has 0 aliphatic carbocycles. The van der Waals surface area contributed by atoms with Crippen molar-refractivity contribution in [1.82, 2.24) is 0 Å². The first kappa shape index (κ1) is 14.4. The molecule has 0 aliphatic heterocycles. The minimum atomic E-state index is -0.866. The normalized spacial score (nSPS) is 10.4. The molecule has 0 aromatic heterocycles. The number of hydrogen-bond donors (Lipinski definition) is 1. The standard InChI is InChI=1S/C15H13IO2S/c1-10-2-7-13(8-14(10)15(17)18)19-9-11-3-5-12(16)6-4-11/h2-8H,9H2,1H3,(H,17,18). The lowest BCUT2D eigenvalue weighted by atomic mass is 10.1. The summed E-state index contributed by atoms with van der Waals surface area (Å²) in [5.41, 5.74) is 2.42. The third kappa shape index (κ3) is 3.98. The zero-order valence-electron chi connectivity index (χ0n) is 10.4. The molecule has 0 amide bonds. The van der Waals surface area contributed by atoms with Crippen molar-refractivity contribution in [1.29, 1.82) is 0 Å². The summed E-state index contributed by atoms with van der Waals surface area (Å²) in [6.07, 6.45) is 0. The number of carboxylic acid groups (broad SMARTS) is 1. The zero-order valence-corrected chi connectivity index (χ0v) is 13.4. The van der Waals surface area contributed by atoms with Gasteiger partial charge >= 0.3 is 5.97 Å². The quantitative estimate of drug-likeness (QED) is 0.619. The van der Waals surface area contributed by atoms with Crippen LogP contribution in [-0.2, 0) is 5.75 Å². The van der Waals surface area contributed by atoms with E-state index in [1.54, 1.807) is 17.8 Å². The molecule has 0 saturated carbocycles. The summed E-state index contributed by atoms with van der Waals surface area (Å²) in [7, 11) is 0. The fourth-order valence-corrected chi connectivity index (χ4v) is 2.92. The Kier molecular flexibility index (Phi) is 4.87. The lowest BCUT2D eigenvalue weighted by Crippen LogP contribution is -1.99. The molecular formula is C15H13IO2S. The number of halogens is 1. The topological polar surface area (TPSA) is 37.3 Å². The zero-order chi connectivity index (χ0) is 13.8. The molecule has 2 aromatic rings. The van der Waals surface area contributed by atoms with Gasteiger partial charge in [-0.25, -0.2) is 4.79 Å². The van der Waals surface area contributed by atoms with Gasteiger partial charge < -0.3 is 5.11 Å². The van der Waals surface area contributed by atoms with Crippen molar-refractivity contribution in [2.24, 2.45) is 0 Å². The van der Waals surface area contributed by atoms with E-state index in [9.17, 15) is 4.79 Å². The second-order valence-electron chi connectivity index (χ2n) is 4.20. The summed E-state index contributed by atoms with van der Waals surface area (Å²) in [4.78, 5) is 12.1. The van der Waals surface area contributed by atoms with Gasteiger partial charge in [0.25, 0.3) is 0 Å². The molecule has 2 rings (SSSR count). The average Bonchev–Trinajstić information content (AvgIpc) is 2.39. The van der Waals surface area contributed by atoms with Crippen molar-refractivity contribution in [3.8, 4) is 0 Å². The summed E-state index contributed by atoms with van der Waals surface area (Å²) in [6.45, 7) is 1.82. The van der Waals surface area contributed by atoms with E-state index in [4.69, 9.17) is 5.11 Å². The highest BCUT2D eigenvalue weighted by molar-refractivity contribution is 14.1. The van der Waals surface area contributed by atoms with E-state index in [0.717, 1.165) is 16.2 Å². The summed E-state index contributed by atoms with van der Waals surface area (Å²) in [5, 5.41) is 9.10. The number of hydrogen-bond acceptors (Lipinski definition) is 2. The molecule has 0 heterocycles. The molecule has 19 heavy (non-hydrogen) atoms. The first-order valence-electron chi connectivity index (χ1n) is 5.77. The SMILES string of the molecule is Cc1ccc(SCc2ccc(I)cc2)cc1C(=O)O. The number of benzene rings is 2. The van der Waals surface area contributed by atoms with Crippen molar-refractivity contribution in [3.63, 3.8) is 0 Å². The highest BCUT2D eigenvalue weighted by Gasteiger charge is 2.08. The number of thioether (sulfide) groups is 1. The van der Waals surface area contributed by atoms with Crippen LogP contribution in [0.3, 0.4) is 0 Å². The largest absolute Gasteiger partial charge is 0.478 e. The van der Waals surface area contributed by atoms with E-state index in [1.807, 2.05) is 19.1 Å². The molecule has 2 aromatic carbocycles. The number of rotatable bonds is 4. The minimum absolute atomic E-state index is 0.382. The summed E-state index contributed by atoms with van der Waals surface area (Å²) in [6, 6.07) is 13.9. The van der Waals surface area contributed by atoms with Gasteiger partial charge in [-0.15, -0.1) is 11.8 Å². The molecule has 2 nitrogen and oxygen atoms in total. The molecule has 98 valence electrons. The molecule has 1 N–H and O–H groups in total. The first-order valence-corrected chi connectivity index (χ1v) is 7.84. The van der Waals surface area contributed by atoms with Gasteiger partial charge in [0.05, 0.1) is 5.56 Å². The Morgan fingerprint density at radius 3 is 2.53 bits per heavy atom. The van der Waals surface area contributed by atoms with Crippen LogP contribution in [0.2, 0.25) is 0 Å². The lowest BCUT2D eigenvalue weighted by molar-refractivity contribution is 0.0696. The van der Waals surface area contributed by atoms with Gasteiger partial charge in [0.2, 0.25) is 0 Å². The van der Waals surface area contributed by atoms with Crippen LogP contribution in [-0.4, -0.2) is 11.1 Å². The molecule has 0 spiro atoms.